The summed E-state index contributed by atoms with van der Waals surface area (Å²) < 4.78 is 10.3. The van der Waals surface area contributed by atoms with Crippen LogP contribution in [0.3, 0.4) is 0 Å². The van der Waals surface area contributed by atoms with Crippen LogP contribution in [0.2, 0.25) is 0 Å². The molecule has 0 heterocycles. The van der Waals surface area contributed by atoms with Crippen molar-refractivity contribution >= 4 is 5.97 Å². The molecule has 0 aliphatic carbocycles. The van der Waals surface area contributed by atoms with Crippen molar-refractivity contribution in [1.82, 2.24) is 0 Å². The van der Waals surface area contributed by atoms with E-state index in [1.54, 1.807) is 7.11 Å². The van der Waals surface area contributed by atoms with Crippen LogP contribution in [0.15, 0.2) is 24.3 Å². The van der Waals surface area contributed by atoms with Crippen LogP contribution in [-0.2, 0) is 9.53 Å². The first-order valence-electron chi connectivity index (χ1n) is 6.47. The topological polar surface area (TPSA) is 35.5 Å². The molecule has 0 saturated heterocycles. The zero-order chi connectivity index (χ0) is 13.4. The second-order valence-electron chi connectivity index (χ2n) is 4.45. The average Bonchev–Trinajstić information content (AvgIpc) is 2.39. The number of esters is 1. The van der Waals surface area contributed by atoms with Crippen molar-refractivity contribution in [2.75, 3.05) is 13.7 Å². The highest BCUT2D eigenvalue weighted by molar-refractivity contribution is 5.70. The number of benzene rings is 1. The first-order valence-corrected chi connectivity index (χ1v) is 6.47. The van der Waals surface area contributed by atoms with Crippen LogP contribution in [0.25, 0.3) is 0 Å². The fourth-order valence-corrected chi connectivity index (χ4v) is 1.69. The molecule has 0 fully saturated rings. The zero-order valence-corrected chi connectivity index (χ0v) is 11.4. The number of rotatable bonds is 7. The molecule has 1 rings (SSSR count). The van der Waals surface area contributed by atoms with Crippen LogP contribution in [0.4, 0.5) is 0 Å². The molecule has 0 bridgehead atoms. The van der Waals surface area contributed by atoms with E-state index in [-0.39, 0.29) is 11.9 Å². The third-order valence-corrected chi connectivity index (χ3v) is 2.92. The number of carbonyl (C=O) groups excluding carboxylic acids is 1. The highest BCUT2D eigenvalue weighted by Crippen LogP contribution is 2.22. The van der Waals surface area contributed by atoms with E-state index < -0.39 is 0 Å². The third-order valence-electron chi connectivity index (χ3n) is 2.92. The van der Waals surface area contributed by atoms with Gasteiger partial charge in [0.05, 0.1) is 20.1 Å². The Morgan fingerprint density at radius 3 is 2.50 bits per heavy atom. The Balaban J connectivity index is 2.43. The molecular formula is C15H22O3. The van der Waals surface area contributed by atoms with Crippen LogP contribution in [0.5, 0.6) is 5.75 Å². The molecule has 0 unspecified atom stereocenters. The molecule has 100 valence electrons. The van der Waals surface area contributed by atoms with Gasteiger partial charge in [-0.05, 0) is 30.0 Å². The molecule has 0 amide bonds. The van der Waals surface area contributed by atoms with Crippen LogP contribution in [0, 0.1) is 0 Å². The van der Waals surface area contributed by atoms with E-state index in [0.29, 0.717) is 13.0 Å². The van der Waals surface area contributed by atoms with Crippen LogP contribution < -0.4 is 4.74 Å². The molecule has 0 N–H and O–H groups in total. The molecule has 0 radical (unpaired) electrons. The van der Waals surface area contributed by atoms with Gasteiger partial charge < -0.3 is 9.47 Å². The zero-order valence-electron chi connectivity index (χ0n) is 11.4. The van der Waals surface area contributed by atoms with Crippen molar-refractivity contribution < 1.29 is 14.3 Å². The second kappa shape index (κ2) is 7.75. The lowest BCUT2D eigenvalue weighted by atomic mass is 9.98. The Kier molecular flexibility index (Phi) is 6.26. The molecule has 0 aromatic heterocycles. The van der Waals surface area contributed by atoms with E-state index in [1.807, 2.05) is 31.2 Å². The summed E-state index contributed by atoms with van der Waals surface area (Å²) in [5.74, 6) is 0.883. The molecule has 18 heavy (non-hydrogen) atoms. The summed E-state index contributed by atoms with van der Waals surface area (Å²) in [5.41, 5.74) is 1.13. The first kappa shape index (κ1) is 14.6. The monoisotopic (exact) mass is 250 g/mol. The number of carbonyl (C=O) groups is 1. The summed E-state index contributed by atoms with van der Waals surface area (Å²) in [4.78, 5) is 11.6. The molecular weight excluding hydrogens is 228 g/mol. The Morgan fingerprint density at radius 1 is 1.28 bits per heavy atom. The summed E-state index contributed by atoms with van der Waals surface area (Å²) in [6.07, 6.45) is 2.40. The van der Waals surface area contributed by atoms with Crippen LogP contribution >= 0.6 is 0 Å². The van der Waals surface area contributed by atoms with E-state index >= 15 is 0 Å². The minimum absolute atomic E-state index is 0.119. The summed E-state index contributed by atoms with van der Waals surface area (Å²) in [6.45, 7) is 4.64. The maximum absolute atomic E-state index is 11.6. The van der Waals surface area contributed by atoms with Crippen LogP contribution in [-0.4, -0.2) is 19.7 Å². The van der Waals surface area contributed by atoms with Crippen LogP contribution in [0.1, 0.15) is 44.6 Å². The Morgan fingerprint density at radius 2 is 1.94 bits per heavy atom. The minimum Gasteiger partial charge on any atom is -0.497 e. The van der Waals surface area contributed by atoms with E-state index in [9.17, 15) is 4.79 Å². The summed E-state index contributed by atoms with van der Waals surface area (Å²) >= 11 is 0. The van der Waals surface area contributed by atoms with Gasteiger partial charge in [0.15, 0.2) is 0 Å². The van der Waals surface area contributed by atoms with Crippen molar-refractivity contribution in [1.29, 1.82) is 0 Å². The quantitative estimate of drug-likeness (QED) is 0.548. The number of methoxy groups -OCH3 is 1. The van der Waals surface area contributed by atoms with Crippen molar-refractivity contribution in [3.8, 4) is 5.75 Å². The molecule has 1 atom stereocenters. The lowest BCUT2D eigenvalue weighted by Gasteiger charge is -2.12. The number of ether oxygens (including phenoxy) is 2. The summed E-state index contributed by atoms with van der Waals surface area (Å²) in [6, 6.07) is 7.80. The van der Waals surface area contributed by atoms with Crippen molar-refractivity contribution in [3.05, 3.63) is 29.8 Å². The van der Waals surface area contributed by atoms with Gasteiger partial charge >= 0.3 is 5.97 Å². The Bertz CT molecular complexity index is 357. The van der Waals surface area contributed by atoms with E-state index in [0.717, 1.165) is 24.2 Å². The van der Waals surface area contributed by atoms with E-state index in [2.05, 4.69) is 6.92 Å². The van der Waals surface area contributed by atoms with Gasteiger partial charge in [0.1, 0.15) is 5.75 Å². The van der Waals surface area contributed by atoms with Gasteiger partial charge in [-0.1, -0.05) is 32.4 Å². The lowest BCUT2D eigenvalue weighted by Crippen LogP contribution is -2.09. The minimum atomic E-state index is -0.119. The molecule has 0 aliphatic heterocycles. The average molecular weight is 250 g/mol. The van der Waals surface area contributed by atoms with Gasteiger partial charge in [-0.3, -0.25) is 4.79 Å². The maximum Gasteiger partial charge on any atom is 0.306 e. The predicted molar refractivity (Wildman–Crippen MR) is 71.9 cm³/mol. The maximum atomic E-state index is 11.6. The largest absolute Gasteiger partial charge is 0.497 e. The normalized spacial score (nSPS) is 11.9. The van der Waals surface area contributed by atoms with Crippen molar-refractivity contribution in [2.24, 2.45) is 0 Å². The number of hydrogen-bond acceptors (Lipinski definition) is 3. The predicted octanol–water partition coefficient (Wildman–Crippen LogP) is 3.53. The Hall–Kier alpha value is -1.51. The fourth-order valence-electron chi connectivity index (χ4n) is 1.69. The molecule has 0 spiro atoms. The van der Waals surface area contributed by atoms with Crippen molar-refractivity contribution in [3.63, 3.8) is 0 Å². The lowest BCUT2D eigenvalue weighted by molar-refractivity contribution is -0.144. The third kappa shape index (κ3) is 4.78. The fraction of sp³-hybridized carbons (Fsp3) is 0.533. The van der Waals surface area contributed by atoms with Gasteiger partial charge in [-0.2, -0.15) is 0 Å². The van der Waals surface area contributed by atoms with Gasteiger partial charge in [-0.25, -0.2) is 0 Å². The molecule has 3 heteroatoms. The van der Waals surface area contributed by atoms with Gasteiger partial charge in [-0.15, -0.1) is 0 Å². The van der Waals surface area contributed by atoms with Gasteiger partial charge in [0.25, 0.3) is 0 Å². The summed E-state index contributed by atoms with van der Waals surface area (Å²) in [5, 5.41) is 0. The highest BCUT2D eigenvalue weighted by atomic mass is 16.5. The SMILES string of the molecule is CCCCOC(=O)C[C@@H](C)c1ccc(OC)cc1. The number of unbranched alkanes of at least 4 members (excludes halogenated alkanes) is 1. The standard InChI is InChI=1S/C15H22O3/c1-4-5-10-18-15(16)11-12(2)13-6-8-14(17-3)9-7-13/h6-9,12H,4-5,10-11H2,1-3H3/t12-/m1/s1. The van der Waals surface area contributed by atoms with Crippen molar-refractivity contribution in [2.45, 2.75) is 39.0 Å². The molecule has 1 aromatic carbocycles. The molecule has 0 aliphatic rings. The molecule has 0 saturated carbocycles. The Labute approximate surface area is 109 Å². The van der Waals surface area contributed by atoms with Gasteiger partial charge in [0, 0.05) is 0 Å². The second-order valence-corrected chi connectivity index (χ2v) is 4.45. The first-order chi connectivity index (χ1) is 8.67. The summed E-state index contributed by atoms with van der Waals surface area (Å²) in [7, 11) is 1.64. The van der Waals surface area contributed by atoms with E-state index in [1.165, 1.54) is 0 Å². The van der Waals surface area contributed by atoms with E-state index in [4.69, 9.17) is 9.47 Å². The highest BCUT2D eigenvalue weighted by Gasteiger charge is 2.12. The van der Waals surface area contributed by atoms with Gasteiger partial charge in [0.2, 0.25) is 0 Å². The smallest absolute Gasteiger partial charge is 0.306 e. The molecule has 1 aromatic rings. The molecule has 3 nitrogen and oxygen atoms in total. The number of hydrogen-bond donors (Lipinski definition) is 0.